The van der Waals surface area contributed by atoms with E-state index in [1.165, 1.54) is 16.7 Å². The Morgan fingerprint density at radius 2 is 1.37 bits per heavy atom. The van der Waals surface area contributed by atoms with Crippen molar-refractivity contribution in [2.45, 2.75) is 64.2 Å². The SMILES string of the molecule is C=CS(=O)c1c(C(C)C)cc(C(C)C)cc1C(C)C. The highest BCUT2D eigenvalue weighted by atomic mass is 32.2. The van der Waals surface area contributed by atoms with Crippen LogP contribution in [0, 0.1) is 0 Å². The van der Waals surface area contributed by atoms with Gasteiger partial charge in [0.25, 0.3) is 0 Å². The van der Waals surface area contributed by atoms with Gasteiger partial charge in [0.2, 0.25) is 0 Å². The minimum Gasteiger partial charge on any atom is -0.250 e. The molecule has 0 aromatic heterocycles. The molecule has 1 rings (SSSR count). The van der Waals surface area contributed by atoms with E-state index in [1.54, 1.807) is 5.41 Å². The van der Waals surface area contributed by atoms with Gasteiger partial charge in [-0.2, -0.15) is 0 Å². The van der Waals surface area contributed by atoms with Gasteiger partial charge in [0.1, 0.15) is 0 Å². The van der Waals surface area contributed by atoms with E-state index in [9.17, 15) is 4.21 Å². The highest BCUT2D eigenvalue weighted by Crippen LogP contribution is 2.34. The van der Waals surface area contributed by atoms with Crippen LogP contribution in [0.2, 0.25) is 0 Å². The average Bonchev–Trinajstić information content (AvgIpc) is 2.35. The lowest BCUT2D eigenvalue weighted by Crippen LogP contribution is -2.07. The van der Waals surface area contributed by atoms with Crippen molar-refractivity contribution in [1.82, 2.24) is 0 Å². The van der Waals surface area contributed by atoms with E-state index >= 15 is 0 Å². The molecular weight excluding hydrogens is 252 g/mol. The third kappa shape index (κ3) is 3.56. The molecule has 0 aliphatic carbocycles. The number of benzene rings is 1. The molecule has 2 heteroatoms. The first kappa shape index (κ1) is 16.2. The summed E-state index contributed by atoms with van der Waals surface area (Å²) in [6, 6.07) is 4.44. The Hall–Kier alpha value is -0.890. The molecule has 0 spiro atoms. The third-order valence-electron chi connectivity index (χ3n) is 3.43. The molecule has 0 aliphatic rings. The van der Waals surface area contributed by atoms with Crippen LogP contribution in [0.1, 0.15) is 76.0 Å². The Balaban J connectivity index is 3.65. The molecule has 0 aliphatic heterocycles. The van der Waals surface area contributed by atoms with Gasteiger partial charge in [0.05, 0.1) is 15.7 Å². The van der Waals surface area contributed by atoms with Crippen molar-refractivity contribution in [2.75, 3.05) is 0 Å². The van der Waals surface area contributed by atoms with Crippen molar-refractivity contribution in [3.63, 3.8) is 0 Å². The highest BCUT2D eigenvalue weighted by Gasteiger charge is 2.19. The maximum Gasteiger partial charge on any atom is 0.0775 e. The molecule has 0 saturated heterocycles. The monoisotopic (exact) mass is 278 g/mol. The van der Waals surface area contributed by atoms with Gasteiger partial charge in [-0.1, -0.05) is 60.3 Å². The molecule has 1 nitrogen and oxygen atoms in total. The molecule has 0 N–H and O–H groups in total. The van der Waals surface area contributed by atoms with Gasteiger partial charge in [-0.05, 0) is 34.4 Å². The van der Waals surface area contributed by atoms with Gasteiger partial charge in [-0.25, -0.2) is 4.21 Å². The summed E-state index contributed by atoms with van der Waals surface area (Å²) < 4.78 is 12.3. The van der Waals surface area contributed by atoms with Crippen LogP contribution < -0.4 is 0 Å². The fraction of sp³-hybridized carbons (Fsp3) is 0.529. The zero-order valence-electron chi connectivity index (χ0n) is 13.0. The first-order valence-electron chi connectivity index (χ1n) is 7.00. The van der Waals surface area contributed by atoms with E-state index in [-0.39, 0.29) is 0 Å². The molecule has 1 aromatic carbocycles. The number of hydrogen-bond donors (Lipinski definition) is 0. The Morgan fingerprint density at radius 1 is 0.947 bits per heavy atom. The van der Waals surface area contributed by atoms with Crippen molar-refractivity contribution in [1.29, 1.82) is 0 Å². The molecule has 0 bridgehead atoms. The predicted molar refractivity (Wildman–Crippen MR) is 85.3 cm³/mol. The maximum absolute atomic E-state index is 12.3. The molecule has 0 heterocycles. The van der Waals surface area contributed by atoms with Crippen molar-refractivity contribution in [2.24, 2.45) is 0 Å². The summed E-state index contributed by atoms with van der Waals surface area (Å²) in [6.45, 7) is 16.7. The molecule has 0 saturated carbocycles. The fourth-order valence-corrected chi connectivity index (χ4v) is 3.43. The summed E-state index contributed by atoms with van der Waals surface area (Å²) in [7, 11) is -1.11. The predicted octanol–water partition coefficient (Wildman–Crippen LogP) is 5.31. The highest BCUT2D eigenvalue weighted by molar-refractivity contribution is 7.88. The quantitative estimate of drug-likeness (QED) is 0.713. The second-order valence-corrected chi connectivity index (χ2v) is 7.29. The van der Waals surface area contributed by atoms with E-state index in [0.29, 0.717) is 17.8 Å². The summed E-state index contributed by atoms with van der Waals surface area (Å²) in [5.74, 6) is 1.23. The van der Waals surface area contributed by atoms with Crippen LogP contribution in [-0.2, 0) is 10.8 Å². The standard InChI is InChI=1S/C17H26OS/c1-8-19(18)17-15(12(4)5)9-14(11(2)3)10-16(17)13(6)7/h8-13H,1H2,2-7H3. The van der Waals surface area contributed by atoms with E-state index < -0.39 is 10.8 Å². The largest absolute Gasteiger partial charge is 0.250 e. The summed E-state index contributed by atoms with van der Waals surface area (Å²) in [5.41, 5.74) is 3.73. The van der Waals surface area contributed by atoms with Crippen molar-refractivity contribution < 1.29 is 4.21 Å². The molecule has 0 radical (unpaired) electrons. The van der Waals surface area contributed by atoms with Gasteiger partial charge in [0, 0.05) is 5.41 Å². The Kier molecular flexibility index (Phi) is 5.54. The minimum absolute atomic E-state index is 0.370. The Bertz CT molecular complexity index is 455. The van der Waals surface area contributed by atoms with Gasteiger partial charge in [0.15, 0.2) is 0 Å². The summed E-state index contributed by atoms with van der Waals surface area (Å²) in [6.07, 6.45) is 0. The normalized spacial score (nSPS) is 13.3. The van der Waals surface area contributed by atoms with Crippen LogP contribution in [0.3, 0.4) is 0 Å². The smallest absolute Gasteiger partial charge is 0.0775 e. The summed E-state index contributed by atoms with van der Waals surface area (Å²) >= 11 is 0. The third-order valence-corrected chi connectivity index (χ3v) is 4.61. The van der Waals surface area contributed by atoms with E-state index in [2.05, 4.69) is 60.3 Å². The van der Waals surface area contributed by atoms with Crippen LogP contribution >= 0.6 is 0 Å². The molecule has 0 amide bonds. The summed E-state index contributed by atoms with van der Waals surface area (Å²) in [4.78, 5) is 0.976. The van der Waals surface area contributed by atoms with Crippen LogP contribution in [0.25, 0.3) is 0 Å². The molecular formula is C17H26OS. The van der Waals surface area contributed by atoms with Crippen LogP contribution in [0.15, 0.2) is 29.0 Å². The lowest BCUT2D eigenvalue weighted by atomic mass is 9.89. The van der Waals surface area contributed by atoms with Crippen LogP contribution in [0.5, 0.6) is 0 Å². The van der Waals surface area contributed by atoms with E-state index in [4.69, 9.17) is 0 Å². The first-order chi connectivity index (χ1) is 8.79. The zero-order chi connectivity index (χ0) is 14.7. The first-order valence-corrected chi connectivity index (χ1v) is 8.21. The molecule has 106 valence electrons. The van der Waals surface area contributed by atoms with Gasteiger partial charge < -0.3 is 0 Å². The van der Waals surface area contributed by atoms with Crippen molar-refractivity contribution in [3.05, 3.63) is 40.8 Å². The van der Waals surface area contributed by atoms with Crippen LogP contribution in [-0.4, -0.2) is 4.21 Å². The molecule has 1 atom stereocenters. The maximum atomic E-state index is 12.3. The second-order valence-electron chi connectivity index (χ2n) is 5.96. The lowest BCUT2D eigenvalue weighted by molar-refractivity contribution is 0.681. The van der Waals surface area contributed by atoms with E-state index in [0.717, 1.165) is 4.90 Å². The lowest BCUT2D eigenvalue weighted by Gasteiger charge is -2.21. The molecule has 1 aromatic rings. The van der Waals surface area contributed by atoms with Crippen molar-refractivity contribution >= 4 is 10.8 Å². The second kappa shape index (κ2) is 6.51. The minimum atomic E-state index is -1.11. The fourth-order valence-electron chi connectivity index (χ4n) is 2.21. The van der Waals surface area contributed by atoms with Gasteiger partial charge in [-0.3, -0.25) is 0 Å². The molecule has 19 heavy (non-hydrogen) atoms. The average molecular weight is 278 g/mol. The zero-order valence-corrected chi connectivity index (χ0v) is 13.8. The molecule has 1 unspecified atom stereocenters. The summed E-state index contributed by atoms with van der Waals surface area (Å²) in [5, 5.41) is 1.54. The Labute approximate surface area is 120 Å². The number of hydrogen-bond acceptors (Lipinski definition) is 1. The topological polar surface area (TPSA) is 17.1 Å². The van der Waals surface area contributed by atoms with Gasteiger partial charge in [-0.15, -0.1) is 0 Å². The number of rotatable bonds is 5. The van der Waals surface area contributed by atoms with E-state index in [1.807, 2.05) is 0 Å². The van der Waals surface area contributed by atoms with Gasteiger partial charge >= 0.3 is 0 Å². The van der Waals surface area contributed by atoms with Crippen LogP contribution in [0.4, 0.5) is 0 Å². The van der Waals surface area contributed by atoms with Crippen molar-refractivity contribution in [3.8, 4) is 0 Å². The Morgan fingerprint density at radius 3 is 1.63 bits per heavy atom. The molecule has 0 fully saturated rings.